The quantitative estimate of drug-likeness (QED) is 0.425. The predicted molar refractivity (Wildman–Crippen MR) is 125 cm³/mol. The molecule has 2 heterocycles. The molecular weight excluding hydrogens is 430 g/mol. The lowest BCUT2D eigenvalue weighted by Gasteiger charge is -2.15. The van der Waals surface area contributed by atoms with Crippen molar-refractivity contribution in [2.75, 3.05) is 6.54 Å². The van der Waals surface area contributed by atoms with E-state index in [9.17, 15) is 9.59 Å². The molecule has 0 saturated heterocycles. The number of hydrogen-bond donors (Lipinski definition) is 0. The first-order valence-electron chi connectivity index (χ1n) is 10.0. The minimum absolute atomic E-state index is 0.246. The summed E-state index contributed by atoms with van der Waals surface area (Å²) in [5.74, 6) is 0.755. The molecule has 0 aliphatic carbocycles. The maximum Gasteiger partial charge on any atom is 0.268 e. The number of furan rings is 1. The molecule has 1 aliphatic rings. The summed E-state index contributed by atoms with van der Waals surface area (Å²) in [5, 5.41) is 0.660. The zero-order chi connectivity index (χ0) is 22.0. The van der Waals surface area contributed by atoms with Gasteiger partial charge in [-0.1, -0.05) is 41.9 Å². The Hall–Kier alpha value is -2.76. The highest BCUT2D eigenvalue weighted by molar-refractivity contribution is 8.03. The standard InChI is InChI=1S/C25H22ClNO3S/c1-16-5-8-19(14-17(16)2)22-23(31-15-21-4-3-13-30-21)25(29)27(24(22)28)12-11-18-6-9-20(26)10-7-18/h3-10,13-14H,11-12,15H2,1-2H3. The third kappa shape index (κ3) is 4.63. The first-order chi connectivity index (χ1) is 14.9. The molecule has 1 aliphatic heterocycles. The summed E-state index contributed by atoms with van der Waals surface area (Å²) in [5.41, 5.74) is 4.50. The summed E-state index contributed by atoms with van der Waals surface area (Å²) in [7, 11) is 0. The van der Waals surface area contributed by atoms with Gasteiger partial charge in [-0.3, -0.25) is 14.5 Å². The van der Waals surface area contributed by atoms with E-state index in [1.54, 1.807) is 6.26 Å². The van der Waals surface area contributed by atoms with Crippen LogP contribution in [0.3, 0.4) is 0 Å². The van der Waals surface area contributed by atoms with Crippen molar-refractivity contribution in [2.45, 2.75) is 26.0 Å². The molecule has 0 bridgehead atoms. The Morgan fingerprint density at radius 2 is 1.74 bits per heavy atom. The number of benzene rings is 2. The molecule has 0 saturated carbocycles. The first-order valence-corrected chi connectivity index (χ1v) is 11.4. The molecule has 158 valence electrons. The van der Waals surface area contributed by atoms with Crippen LogP contribution in [0.1, 0.15) is 28.0 Å². The average molecular weight is 452 g/mol. The van der Waals surface area contributed by atoms with Crippen LogP contribution in [0, 0.1) is 13.8 Å². The van der Waals surface area contributed by atoms with Gasteiger partial charge in [-0.15, -0.1) is 11.8 Å². The van der Waals surface area contributed by atoms with E-state index in [1.807, 2.05) is 68.4 Å². The van der Waals surface area contributed by atoms with Crippen LogP contribution < -0.4 is 0 Å². The van der Waals surface area contributed by atoms with Crippen LogP contribution >= 0.6 is 23.4 Å². The largest absolute Gasteiger partial charge is 0.468 e. The molecule has 4 nitrogen and oxygen atoms in total. The Morgan fingerprint density at radius 3 is 2.42 bits per heavy atom. The van der Waals surface area contributed by atoms with E-state index in [4.69, 9.17) is 16.0 Å². The SMILES string of the molecule is Cc1ccc(C2=C(SCc3ccco3)C(=O)N(CCc3ccc(Cl)cc3)C2=O)cc1C. The van der Waals surface area contributed by atoms with Crippen molar-refractivity contribution < 1.29 is 14.0 Å². The van der Waals surface area contributed by atoms with Gasteiger partial charge in [0.1, 0.15) is 5.76 Å². The number of carbonyl (C=O) groups is 2. The van der Waals surface area contributed by atoms with E-state index in [0.717, 1.165) is 28.0 Å². The van der Waals surface area contributed by atoms with Crippen molar-refractivity contribution in [1.29, 1.82) is 0 Å². The molecule has 31 heavy (non-hydrogen) atoms. The van der Waals surface area contributed by atoms with Crippen molar-refractivity contribution >= 4 is 40.8 Å². The summed E-state index contributed by atoms with van der Waals surface area (Å²) in [4.78, 5) is 28.4. The fraction of sp³-hybridized carbons (Fsp3) is 0.200. The van der Waals surface area contributed by atoms with Crippen molar-refractivity contribution in [1.82, 2.24) is 4.90 Å². The number of carbonyl (C=O) groups excluding carboxylic acids is 2. The van der Waals surface area contributed by atoms with Gasteiger partial charge in [0.05, 0.1) is 22.5 Å². The van der Waals surface area contributed by atoms with Gasteiger partial charge in [0.25, 0.3) is 11.8 Å². The molecule has 2 aromatic carbocycles. The van der Waals surface area contributed by atoms with Gasteiger partial charge in [0.2, 0.25) is 0 Å². The maximum atomic E-state index is 13.3. The van der Waals surface area contributed by atoms with Crippen LogP contribution in [0.5, 0.6) is 0 Å². The lowest BCUT2D eigenvalue weighted by atomic mass is 10.0. The summed E-state index contributed by atoms with van der Waals surface area (Å²) in [6.45, 7) is 4.35. The molecule has 1 aromatic heterocycles. The van der Waals surface area contributed by atoms with Gasteiger partial charge in [0, 0.05) is 11.6 Å². The van der Waals surface area contributed by atoms with Crippen molar-refractivity contribution in [3.05, 3.63) is 98.8 Å². The predicted octanol–water partition coefficient (Wildman–Crippen LogP) is 5.81. The smallest absolute Gasteiger partial charge is 0.268 e. The minimum atomic E-state index is -0.247. The fourth-order valence-electron chi connectivity index (χ4n) is 3.47. The summed E-state index contributed by atoms with van der Waals surface area (Å²) < 4.78 is 5.41. The lowest BCUT2D eigenvalue weighted by molar-refractivity contribution is -0.136. The first kappa shape index (κ1) is 21.5. The molecule has 2 amide bonds. The van der Waals surface area contributed by atoms with Gasteiger partial charge < -0.3 is 4.42 Å². The number of hydrogen-bond acceptors (Lipinski definition) is 4. The highest BCUT2D eigenvalue weighted by Crippen LogP contribution is 2.38. The van der Waals surface area contributed by atoms with E-state index >= 15 is 0 Å². The van der Waals surface area contributed by atoms with Crippen LogP contribution in [0.25, 0.3) is 5.57 Å². The highest BCUT2D eigenvalue weighted by Gasteiger charge is 2.39. The van der Waals surface area contributed by atoms with Crippen molar-refractivity contribution in [2.24, 2.45) is 0 Å². The molecule has 4 rings (SSSR count). The molecule has 0 N–H and O–H groups in total. The van der Waals surface area contributed by atoms with Gasteiger partial charge >= 0.3 is 0 Å². The second-order valence-electron chi connectivity index (χ2n) is 7.51. The fourth-order valence-corrected chi connectivity index (χ4v) is 4.63. The zero-order valence-electron chi connectivity index (χ0n) is 17.4. The van der Waals surface area contributed by atoms with Crippen molar-refractivity contribution in [3.63, 3.8) is 0 Å². The van der Waals surface area contributed by atoms with E-state index in [0.29, 0.717) is 34.2 Å². The Balaban J connectivity index is 1.62. The molecule has 0 unspecified atom stereocenters. The number of thioether (sulfide) groups is 1. The number of imide groups is 1. The molecule has 6 heteroatoms. The molecule has 0 radical (unpaired) electrons. The van der Waals surface area contributed by atoms with E-state index in [-0.39, 0.29) is 11.8 Å². The summed E-state index contributed by atoms with van der Waals surface area (Å²) >= 11 is 7.31. The lowest BCUT2D eigenvalue weighted by Crippen LogP contribution is -2.33. The summed E-state index contributed by atoms with van der Waals surface area (Å²) in [6.07, 6.45) is 2.18. The number of halogens is 1. The van der Waals surface area contributed by atoms with Gasteiger partial charge in [-0.2, -0.15) is 0 Å². The second-order valence-corrected chi connectivity index (χ2v) is 8.93. The van der Waals surface area contributed by atoms with Crippen molar-refractivity contribution in [3.8, 4) is 0 Å². The third-order valence-electron chi connectivity index (χ3n) is 5.40. The van der Waals surface area contributed by atoms with Gasteiger partial charge in [0.15, 0.2) is 0 Å². The highest BCUT2D eigenvalue weighted by atomic mass is 35.5. The Morgan fingerprint density at radius 1 is 0.968 bits per heavy atom. The topological polar surface area (TPSA) is 50.5 Å². The minimum Gasteiger partial charge on any atom is -0.468 e. The molecule has 3 aromatic rings. The van der Waals surface area contributed by atoms with E-state index < -0.39 is 0 Å². The van der Waals surface area contributed by atoms with Gasteiger partial charge in [-0.25, -0.2) is 0 Å². The molecular formula is C25H22ClNO3S. The van der Waals surface area contributed by atoms with E-state index in [2.05, 4.69) is 0 Å². The molecule has 0 atom stereocenters. The number of aryl methyl sites for hydroxylation is 2. The number of amides is 2. The second kappa shape index (κ2) is 9.16. The monoisotopic (exact) mass is 451 g/mol. The maximum absolute atomic E-state index is 13.3. The Kier molecular flexibility index (Phi) is 6.35. The van der Waals surface area contributed by atoms with Crippen LogP contribution in [0.2, 0.25) is 5.02 Å². The van der Waals surface area contributed by atoms with Crippen LogP contribution in [0.15, 0.2) is 70.2 Å². The average Bonchev–Trinajstić information content (AvgIpc) is 3.35. The summed E-state index contributed by atoms with van der Waals surface area (Å²) in [6, 6.07) is 17.0. The Labute approximate surface area is 190 Å². The number of nitrogens with zero attached hydrogens (tertiary/aromatic N) is 1. The van der Waals surface area contributed by atoms with Crippen LogP contribution in [0.4, 0.5) is 0 Å². The molecule has 0 fully saturated rings. The number of rotatable bonds is 7. The van der Waals surface area contributed by atoms with E-state index in [1.165, 1.54) is 16.7 Å². The zero-order valence-corrected chi connectivity index (χ0v) is 18.9. The van der Waals surface area contributed by atoms with Gasteiger partial charge in [-0.05, 0) is 66.8 Å². The van der Waals surface area contributed by atoms with Crippen LogP contribution in [-0.4, -0.2) is 23.3 Å². The normalized spacial score (nSPS) is 14.1. The molecule has 0 spiro atoms. The third-order valence-corrected chi connectivity index (χ3v) is 6.75. The Bertz CT molecular complexity index is 1150. The van der Waals surface area contributed by atoms with Crippen LogP contribution in [-0.2, 0) is 21.8 Å².